The fraction of sp³-hybridized carbons (Fsp3) is 0.900. The van der Waals surface area contributed by atoms with Crippen molar-refractivity contribution in [2.45, 2.75) is 19.4 Å². The molecule has 0 saturated carbocycles. The molecule has 2 unspecified atom stereocenters. The van der Waals surface area contributed by atoms with Gasteiger partial charge in [-0.1, -0.05) is 0 Å². The molecule has 2 aliphatic rings. The Morgan fingerprint density at radius 3 is 2.65 bits per heavy atom. The highest BCUT2D eigenvalue weighted by molar-refractivity contribution is 7.89. The van der Waals surface area contributed by atoms with Crippen LogP contribution < -0.4 is 5.32 Å². The molecule has 2 atom stereocenters. The summed E-state index contributed by atoms with van der Waals surface area (Å²) in [6, 6.07) is 0. The number of hydrogen-bond donors (Lipinski definition) is 2. The summed E-state index contributed by atoms with van der Waals surface area (Å²) < 4.78 is 25.4. The third kappa shape index (κ3) is 2.07. The van der Waals surface area contributed by atoms with Crippen LogP contribution in [0.1, 0.15) is 13.8 Å². The topological polar surface area (TPSA) is 86.7 Å². The quantitative estimate of drug-likeness (QED) is 0.704. The number of hydrogen-bond acceptors (Lipinski definition) is 4. The normalized spacial score (nSPS) is 32.6. The molecule has 7 heteroatoms. The highest BCUT2D eigenvalue weighted by Gasteiger charge is 2.53. The van der Waals surface area contributed by atoms with Crippen molar-refractivity contribution in [3.8, 4) is 0 Å². The van der Waals surface area contributed by atoms with E-state index < -0.39 is 27.3 Å². The van der Waals surface area contributed by atoms with Gasteiger partial charge in [0.25, 0.3) is 0 Å². The zero-order valence-electron chi connectivity index (χ0n) is 10.0. The summed E-state index contributed by atoms with van der Waals surface area (Å²) in [5, 5.41) is 11.9. The van der Waals surface area contributed by atoms with E-state index in [4.69, 9.17) is 5.11 Å². The average molecular weight is 262 g/mol. The van der Waals surface area contributed by atoms with Crippen molar-refractivity contribution in [2.24, 2.45) is 11.8 Å². The fourth-order valence-corrected chi connectivity index (χ4v) is 4.83. The van der Waals surface area contributed by atoms with Gasteiger partial charge in [-0.25, -0.2) is 8.42 Å². The van der Waals surface area contributed by atoms with Gasteiger partial charge in [0.1, 0.15) is 0 Å². The van der Waals surface area contributed by atoms with E-state index in [0.29, 0.717) is 12.5 Å². The van der Waals surface area contributed by atoms with Gasteiger partial charge in [-0.2, -0.15) is 4.31 Å². The van der Waals surface area contributed by atoms with Gasteiger partial charge in [0, 0.05) is 18.6 Å². The van der Waals surface area contributed by atoms with E-state index in [1.54, 1.807) is 0 Å². The Hall–Kier alpha value is -0.660. The molecule has 98 valence electrons. The van der Waals surface area contributed by atoms with E-state index in [-0.39, 0.29) is 5.92 Å². The third-order valence-electron chi connectivity index (χ3n) is 3.93. The van der Waals surface area contributed by atoms with E-state index in [1.807, 2.05) is 13.8 Å². The van der Waals surface area contributed by atoms with Crippen molar-refractivity contribution >= 4 is 16.0 Å². The lowest BCUT2D eigenvalue weighted by atomic mass is 9.85. The Balaban J connectivity index is 2.26. The molecule has 2 heterocycles. The number of carbonyl (C=O) groups is 1. The molecule has 0 aromatic carbocycles. The molecular formula is C10H18N2O4S. The Labute approximate surface area is 101 Å². The minimum Gasteiger partial charge on any atom is -0.480 e. The molecule has 0 radical (unpaired) electrons. The predicted molar refractivity (Wildman–Crippen MR) is 62.1 cm³/mol. The predicted octanol–water partition coefficient (Wildman–Crippen LogP) is -0.669. The van der Waals surface area contributed by atoms with Gasteiger partial charge < -0.3 is 10.4 Å². The Morgan fingerprint density at radius 1 is 1.47 bits per heavy atom. The summed E-state index contributed by atoms with van der Waals surface area (Å²) in [6.07, 6.45) is 0. The van der Waals surface area contributed by atoms with E-state index in [1.165, 1.54) is 4.31 Å². The SMILES string of the molecule is CC1(C)C2CNCC2CN1S(=O)(=O)CC(=O)O. The summed E-state index contributed by atoms with van der Waals surface area (Å²) in [5.41, 5.74) is -0.498. The molecule has 17 heavy (non-hydrogen) atoms. The summed E-state index contributed by atoms with van der Waals surface area (Å²) in [7, 11) is -3.70. The second-order valence-electron chi connectivity index (χ2n) is 5.36. The lowest BCUT2D eigenvalue weighted by molar-refractivity contribution is -0.134. The van der Waals surface area contributed by atoms with Gasteiger partial charge in [0.05, 0.1) is 0 Å². The second-order valence-corrected chi connectivity index (χ2v) is 7.25. The van der Waals surface area contributed by atoms with Gasteiger partial charge in [0.15, 0.2) is 5.75 Å². The number of sulfonamides is 1. The molecule has 2 fully saturated rings. The number of rotatable bonds is 3. The van der Waals surface area contributed by atoms with Crippen LogP contribution in [-0.2, 0) is 14.8 Å². The highest BCUT2D eigenvalue weighted by atomic mass is 32.2. The second kappa shape index (κ2) is 3.93. The van der Waals surface area contributed by atoms with Crippen LogP contribution >= 0.6 is 0 Å². The molecule has 2 N–H and O–H groups in total. The van der Waals surface area contributed by atoms with Crippen molar-refractivity contribution in [2.75, 3.05) is 25.4 Å². The number of nitrogens with one attached hydrogen (secondary N) is 1. The lowest BCUT2D eigenvalue weighted by Gasteiger charge is -2.34. The van der Waals surface area contributed by atoms with Crippen molar-refractivity contribution in [3.63, 3.8) is 0 Å². The molecule has 0 aromatic heterocycles. The van der Waals surface area contributed by atoms with Crippen molar-refractivity contribution in [1.82, 2.24) is 9.62 Å². The average Bonchev–Trinajstić information content (AvgIpc) is 2.66. The summed E-state index contributed by atoms with van der Waals surface area (Å²) >= 11 is 0. The Morgan fingerprint density at radius 2 is 2.12 bits per heavy atom. The molecule has 0 bridgehead atoms. The molecular weight excluding hydrogens is 244 g/mol. The minimum atomic E-state index is -3.70. The number of carboxylic acid groups (broad SMARTS) is 1. The van der Waals surface area contributed by atoms with Crippen LogP contribution in [0.5, 0.6) is 0 Å². The van der Waals surface area contributed by atoms with Crippen molar-refractivity contribution in [1.29, 1.82) is 0 Å². The molecule has 6 nitrogen and oxygen atoms in total. The first-order valence-corrected chi connectivity index (χ1v) is 7.29. The van der Waals surface area contributed by atoms with Crippen LogP contribution in [-0.4, -0.2) is 54.7 Å². The maximum Gasteiger partial charge on any atom is 0.320 e. The fourth-order valence-electron chi connectivity index (χ4n) is 3.09. The highest BCUT2D eigenvalue weighted by Crippen LogP contribution is 2.42. The Bertz CT molecular complexity index is 432. The van der Waals surface area contributed by atoms with Gasteiger partial charge in [-0.05, 0) is 32.2 Å². The van der Waals surface area contributed by atoms with E-state index >= 15 is 0 Å². The Kier molecular flexibility index (Phi) is 2.95. The number of carboxylic acids is 1. The molecule has 2 saturated heterocycles. The van der Waals surface area contributed by atoms with Gasteiger partial charge in [0.2, 0.25) is 10.0 Å². The minimum absolute atomic E-state index is 0.270. The zero-order chi connectivity index (χ0) is 12.8. The van der Waals surface area contributed by atoms with Crippen LogP contribution in [0.3, 0.4) is 0 Å². The molecule has 0 amide bonds. The van der Waals surface area contributed by atoms with Crippen LogP contribution in [0.25, 0.3) is 0 Å². The van der Waals surface area contributed by atoms with Crippen molar-refractivity contribution < 1.29 is 18.3 Å². The zero-order valence-corrected chi connectivity index (χ0v) is 10.8. The molecule has 2 rings (SSSR count). The first kappa shape index (κ1) is 12.8. The first-order chi connectivity index (χ1) is 7.75. The third-order valence-corrected chi connectivity index (χ3v) is 5.83. The van der Waals surface area contributed by atoms with Crippen molar-refractivity contribution in [3.05, 3.63) is 0 Å². The standard InChI is InChI=1S/C10H18N2O4S/c1-10(2)8-4-11-3-7(8)5-12(10)17(15,16)6-9(13)14/h7-8,11H,3-6H2,1-2H3,(H,13,14). The molecule has 2 aliphatic heterocycles. The number of fused-ring (bicyclic) bond motifs is 1. The van der Waals surface area contributed by atoms with Crippen LogP contribution in [0.4, 0.5) is 0 Å². The smallest absolute Gasteiger partial charge is 0.320 e. The monoisotopic (exact) mass is 262 g/mol. The first-order valence-electron chi connectivity index (χ1n) is 5.68. The molecule has 0 aromatic rings. The van der Waals surface area contributed by atoms with Crippen LogP contribution in [0.2, 0.25) is 0 Å². The van der Waals surface area contributed by atoms with E-state index in [2.05, 4.69) is 5.32 Å². The van der Waals surface area contributed by atoms with E-state index in [9.17, 15) is 13.2 Å². The summed E-state index contributed by atoms with van der Waals surface area (Å²) in [5.74, 6) is -1.54. The maximum atomic E-state index is 12.0. The number of nitrogens with zero attached hydrogens (tertiary/aromatic N) is 1. The molecule has 0 spiro atoms. The summed E-state index contributed by atoms with van der Waals surface area (Å²) in [6.45, 7) is 5.80. The lowest BCUT2D eigenvalue weighted by Crippen LogP contribution is -2.49. The maximum absolute atomic E-state index is 12.0. The molecule has 0 aliphatic carbocycles. The largest absolute Gasteiger partial charge is 0.480 e. The van der Waals surface area contributed by atoms with E-state index in [0.717, 1.165) is 13.1 Å². The van der Waals surface area contributed by atoms with Crippen LogP contribution in [0.15, 0.2) is 0 Å². The van der Waals surface area contributed by atoms with Gasteiger partial charge in [-0.3, -0.25) is 4.79 Å². The van der Waals surface area contributed by atoms with Gasteiger partial charge >= 0.3 is 5.97 Å². The van der Waals surface area contributed by atoms with Gasteiger partial charge in [-0.15, -0.1) is 0 Å². The number of aliphatic carboxylic acids is 1. The summed E-state index contributed by atoms with van der Waals surface area (Å²) in [4.78, 5) is 10.6. The van der Waals surface area contributed by atoms with Crippen LogP contribution in [0, 0.1) is 11.8 Å².